The summed E-state index contributed by atoms with van der Waals surface area (Å²) in [5.41, 5.74) is -0.253. The fraction of sp³-hybridized carbons (Fsp3) is 0.923. The highest BCUT2D eigenvalue weighted by Crippen LogP contribution is 2.31. The summed E-state index contributed by atoms with van der Waals surface area (Å²) in [4.78, 5) is 12.5. The molecule has 1 aliphatic heterocycles. The van der Waals surface area contributed by atoms with Gasteiger partial charge in [0.25, 0.3) is 0 Å². The van der Waals surface area contributed by atoms with Crippen molar-refractivity contribution in [3.63, 3.8) is 0 Å². The molecule has 0 aromatic carbocycles. The van der Waals surface area contributed by atoms with Gasteiger partial charge in [-0.1, -0.05) is 13.3 Å². The van der Waals surface area contributed by atoms with E-state index >= 15 is 0 Å². The molecule has 0 radical (unpaired) electrons. The van der Waals surface area contributed by atoms with Crippen LogP contribution >= 0.6 is 0 Å². The maximum atomic E-state index is 12.5. The molecule has 5 heteroatoms. The molecule has 0 aromatic rings. The van der Waals surface area contributed by atoms with Crippen molar-refractivity contribution in [2.75, 3.05) is 25.1 Å². The van der Waals surface area contributed by atoms with E-state index in [4.69, 9.17) is 0 Å². The third-order valence-electron chi connectivity index (χ3n) is 3.54. The number of carbonyl (C=O) groups excluding carboxylic acids is 1. The molecule has 18 heavy (non-hydrogen) atoms. The standard InChI is InChI=1S/C13H26N2O2S/c1-4-6-13(7-5-8-14-10-13)12(16)15-11(2)9-18(3)17/h11,14H,4-10H2,1-3H3,(H,15,16). The molecule has 1 amide bonds. The molecular weight excluding hydrogens is 248 g/mol. The number of piperidine rings is 1. The Labute approximate surface area is 113 Å². The number of carbonyl (C=O) groups is 1. The first kappa shape index (κ1) is 15.6. The summed E-state index contributed by atoms with van der Waals surface area (Å²) in [5.74, 6) is 0.663. The van der Waals surface area contributed by atoms with Gasteiger partial charge in [0.15, 0.2) is 0 Å². The molecule has 3 atom stereocenters. The second-order valence-electron chi connectivity index (χ2n) is 5.43. The summed E-state index contributed by atoms with van der Waals surface area (Å²) in [5, 5.41) is 6.37. The van der Waals surface area contributed by atoms with Gasteiger partial charge in [-0.05, 0) is 32.7 Å². The Balaban J connectivity index is 2.61. The van der Waals surface area contributed by atoms with Gasteiger partial charge in [-0.15, -0.1) is 0 Å². The molecule has 4 nitrogen and oxygen atoms in total. The van der Waals surface area contributed by atoms with Crippen LogP contribution < -0.4 is 10.6 Å². The lowest BCUT2D eigenvalue weighted by atomic mass is 9.76. The number of rotatable bonds is 6. The highest BCUT2D eigenvalue weighted by atomic mass is 32.2. The zero-order chi connectivity index (χ0) is 13.6. The van der Waals surface area contributed by atoms with E-state index < -0.39 is 10.8 Å². The summed E-state index contributed by atoms with van der Waals surface area (Å²) in [6, 6.07) is -0.0148. The normalized spacial score (nSPS) is 27.5. The van der Waals surface area contributed by atoms with Crippen LogP contribution in [0.3, 0.4) is 0 Å². The highest BCUT2D eigenvalue weighted by molar-refractivity contribution is 7.84. The second-order valence-corrected chi connectivity index (χ2v) is 6.90. The van der Waals surface area contributed by atoms with Crippen LogP contribution in [-0.2, 0) is 15.6 Å². The monoisotopic (exact) mass is 274 g/mol. The number of hydrogen-bond acceptors (Lipinski definition) is 3. The molecule has 106 valence electrons. The van der Waals surface area contributed by atoms with Crippen molar-refractivity contribution in [1.82, 2.24) is 10.6 Å². The minimum absolute atomic E-state index is 0.0148. The van der Waals surface area contributed by atoms with E-state index in [1.165, 1.54) is 0 Å². The van der Waals surface area contributed by atoms with Crippen molar-refractivity contribution in [3.05, 3.63) is 0 Å². The van der Waals surface area contributed by atoms with Crippen molar-refractivity contribution in [2.24, 2.45) is 5.41 Å². The van der Waals surface area contributed by atoms with Crippen molar-refractivity contribution >= 4 is 16.7 Å². The van der Waals surface area contributed by atoms with E-state index in [0.717, 1.165) is 38.8 Å². The molecule has 0 bridgehead atoms. The summed E-state index contributed by atoms with van der Waals surface area (Å²) >= 11 is 0. The molecule has 0 saturated carbocycles. The minimum atomic E-state index is -0.865. The Morgan fingerprint density at radius 2 is 2.28 bits per heavy atom. The maximum Gasteiger partial charge on any atom is 0.227 e. The Morgan fingerprint density at radius 1 is 1.56 bits per heavy atom. The van der Waals surface area contributed by atoms with Gasteiger partial charge < -0.3 is 10.6 Å². The zero-order valence-electron chi connectivity index (χ0n) is 11.8. The fourth-order valence-electron chi connectivity index (χ4n) is 2.74. The molecule has 1 heterocycles. The van der Waals surface area contributed by atoms with E-state index in [2.05, 4.69) is 17.6 Å². The third-order valence-corrected chi connectivity index (χ3v) is 4.51. The van der Waals surface area contributed by atoms with Gasteiger partial charge in [0.1, 0.15) is 0 Å². The van der Waals surface area contributed by atoms with Gasteiger partial charge in [-0.2, -0.15) is 0 Å². The molecule has 2 N–H and O–H groups in total. The molecule has 0 aromatic heterocycles. The lowest BCUT2D eigenvalue weighted by Crippen LogP contribution is -2.53. The second kappa shape index (κ2) is 7.24. The smallest absolute Gasteiger partial charge is 0.227 e. The predicted octanol–water partition coefficient (Wildman–Crippen LogP) is 1.04. The zero-order valence-corrected chi connectivity index (χ0v) is 12.6. The number of amides is 1. The average Bonchev–Trinajstić information content (AvgIpc) is 2.29. The molecule has 0 aliphatic carbocycles. The van der Waals surface area contributed by atoms with Crippen LogP contribution in [0.5, 0.6) is 0 Å². The van der Waals surface area contributed by atoms with Crippen molar-refractivity contribution < 1.29 is 9.00 Å². The predicted molar refractivity (Wildman–Crippen MR) is 76.0 cm³/mol. The van der Waals surface area contributed by atoms with E-state index in [0.29, 0.717) is 5.75 Å². The van der Waals surface area contributed by atoms with Crippen molar-refractivity contribution in [2.45, 2.75) is 45.6 Å². The molecule has 1 fully saturated rings. The Kier molecular flexibility index (Phi) is 6.29. The van der Waals surface area contributed by atoms with Gasteiger partial charge in [0, 0.05) is 35.4 Å². The maximum absolute atomic E-state index is 12.5. The first-order valence-electron chi connectivity index (χ1n) is 6.82. The van der Waals surface area contributed by atoms with Crippen LogP contribution in [0.1, 0.15) is 39.5 Å². The van der Waals surface area contributed by atoms with Crippen LogP contribution in [0.2, 0.25) is 0 Å². The molecular formula is C13H26N2O2S. The van der Waals surface area contributed by atoms with Crippen LogP contribution in [-0.4, -0.2) is 41.3 Å². The number of nitrogens with one attached hydrogen (secondary N) is 2. The SMILES string of the molecule is CCCC1(C(=O)NC(C)CS(C)=O)CCCNC1. The highest BCUT2D eigenvalue weighted by Gasteiger charge is 2.38. The lowest BCUT2D eigenvalue weighted by molar-refractivity contribution is -0.133. The Bertz CT molecular complexity index is 296. The van der Waals surface area contributed by atoms with Gasteiger partial charge in [-0.3, -0.25) is 9.00 Å². The van der Waals surface area contributed by atoms with E-state index in [9.17, 15) is 9.00 Å². The third kappa shape index (κ3) is 4.35. The number of hydrogen-bond donors (Lipinski definition) is 2. The Hall–Kier alpha value is -0.420. The van der Waals surface area contributed by atoms with Crippen molar-refractivity contribution in [1.29, 1.82) is 0 Å². The largest absolute Gasteiger partial charge is 0.352 e. The molecule has 1 saturated heterocycles. The van der Waals surface area contributed by atoms with Crippen LogP contribution in [0.25, 0.3) is 0 Å². The first-order valence-corrected chi connectivity index (χ1v) is 8.54. The average molecular weight is 274 g/mol. The van der Waals surface area contributed by atoms with E-state index in [1.54, 1.807) is 6.26 Å². The lowest BCUT2D eigenvalue weighted by Gasteiger charge is -2.37. The summed E-state index contributed by atoms with van der Waals surface area (Å²) in [7, 11) is -0.865. The summed E-state index contributed by atoms with van der Waals surface area (Å²) in [6.45, 7) is 5.82. The Morgan fingerprint density at radius 3 is 2.78 bits per heavy atom. The topological polar surface area (TPSA) is 58.2 Å². The fourth-order valence-corrected chi connectivity index (χ4v) is 3.53. The molecule has 0 spiro atoms. The molecule has 1 rings (SSSR count). The first-order chi connectivity index (χ1) is 8.50. The van der Waals surface area contributed by atoms with Gasteiger partial charge in [-0.25, -0.2) is 0 Å². The quantitative estimate of drug-likeness (QED) is 0.761. The van der Waals surface area contributed by atoms with Gasteiger partial charge >= 0.3 is 0 Å². The summed E-state index contributed by atoms with van der Waals surface area (Å²) < 4.78 is 11.2. The molecule has 3 unspecified atom stereocenters. The minimum Gasteiger partial charge on any atom is -0.352 e. The van der Waals surface area contributed by atoms with Gasteiger partial charge in [0.2, 0.25) is 5.91 Å². The van der Waals surface area contributed by atoms with E-state index in [-0.39, 0.29) is 17.4 Å². The van der Waals surface area contributed by atoms with Crippen LogP contribution in [0, 0.1) is 5.41 Å². The van der Waals surface area contributed by atoms with Gasteiger partial charge in [0.05, 0.1) is 5.41 Å². The van der Waals surface area contributed by atoms with Crippen LogP contribution in [0.4, 0.5) is 0 Å². The summed E-state index contributed by atoms with van der Waals surface area (Å²) in [6.07, 6.45) is 5.63. The van der Waals surface area contributed by atoms with Crippen LogP contribution in [0.15, 0.2) is 0 Å². The van der Waals surface area contributed by atoms with Crippen molar-refractivity contribution in [3.8, 4) is 0 Å². The van der Waals surface area contributed by atoms with E-state index in [1.807, 2.05) is 6.92 Å². The molecule has 1 aliphatic rings.